The van der Waals surface area contributed by atoms with Crippen LogP contribution in [0.25, 0.3) is 11.8 Å². The first-order valence-electron chi connectivity index (χ1n) is 8.86. The summed E-state index contributed by atoms with van der Waals surface area (Å²) in [5.41, 5.74) is 5.32. The van der Waals surface area contributed by atoms with Gasteiger partial charge in [-0.2, -0.15) is 0 Å². The van der Waals surface area contributed by atoms with E-state index < -0.39 is 0 Å². The van der Waals surface area contributed by atoms with Crippen LogP contribution in [0.15, 0.2) is 35.9 Å². The van der Waals surface area contributed by atoms with E-state index in [9.17, 15) is 9.59 Å². The van der Waals surface area contributed by atoms with Crippen molar-refractivity contribution in [2.45, 2.75) is 27.2 Å². The molecule has 1 saturated heterocycles. The van der Waals surface area contributed by atoms with Crippen LogP contribution in [-0.2, 0) is 16.0 Å². The largest absolute Gasteiger partial charge is 0.318 e. The fourth-order valence-corrected chi connectivity index (χ4v) is 3.51. The summed E-state index contributed by atoms with van der Waals surface area (Å²) < 4.78 is 2.13. The standard InChI is InChI=1S/C21H23N3O2S/c1-6-15-7-9-17(10-8-15)24-13(2)11-16(14(24)3)12-18-19(25)22(4)21(27)23(5)20(18)26/h7-12H,6H2,1-5H3. The average Bonchev–Trinajstić information content (AvgIpc) is 2.95. The lowest BCUT2D eigenvalue weighted by atomic mass is 10.1. The van der Waals surface area contributed by atoms with E-state index in [-0.39, 0.29) is 22.5 Å². The van der Waals surface area contributed by atoms with Crippen molar-refractivity contribution in [3.05, 3.63) is 58.4 Å². The Hall–Kier alpha value is -2.73. The van der Waals surface area contributed by atoms with Crippen LogP contribution < -0.4 is 0 Å². The second-order valence-electron chi connectivity index (χ2n) is 6.75. The summed E-state index contributed by atoms with van der Waals surface area (Å²) >= 11 is 5.14. The van der Waals surface area contributed by atoms with E-state index in [1.807, 2.05) is 19.9 Å². The van der Waals surface area contributed by atoms with Crippen molar-refractivity contribution in [3.8, 4) is 5.69 Å². The molecule has 1 fully saturated rings. The molecule has 0 N–H and O–H groups in total. The number of carbonyl (C=O) groups excluding carboxylic acids is 2. The molecule has 0 saturated carbocycles. The minimum atomic E-state index is -0.375. The summed E-state index contributed by atoms with van der Waals surface area (Å²) in [4.78, 5) is 27.8. The van der Waals surface area contributed by atoms with Gasteiger partial charge in [-0.3, -0.25) is 19.4 Å². The first kappa shape index (κ1) is 19.0. The molecule has 0 radical (unpaired) electrons. The van der Waals surface area contributed by atoms with Crippen molar-refractivity contribution >= 4 is 35.2 Å². The molecule has 0 bridgehead atoms. The lowest BCUT2D eigenvalue weighted by Crippen LogP contribution is -2.52. The van der Waals surface area contributed by atoms with Gasteiger partial charge in [0.15, 0.2) is 5.11 Å². The number of thiocarbonyl (C=S) groups is 1. The Labute approximate surface area is 164 Å². The number of aryl methyl sites for hydroxylation is 2. The zero-order valence-electron chi connectivity index (χ0n) is 16.2. The zero-order chi connectivity index (χ0) is 19.9. The van der Waals surface area contributed by atoms with Gasteiger partial charge >= 0.3 is 0 Å². The summed E-state index contributed by atoms with van der Waals surface area (Å²) in [5, 5.41) is 0.212. The van der Waals surface area contributed by atoms with Gasteiger partial charge in [0.25, 0.3) is 11.8 Å². The smallest absolute Gasteiger partial charge is 0.265 e. The van der Waals surface area contributed by atoms with Crippen molar-refractivity contribution in [3.63, 3.8) is 0 Å². The molecule has 1 aromatic carbocycles. The third-order valence-electron chi connectivity index (χ3n) is 5.02. The maximum absolute atomic E-state index is 12.6. The molecule has 1 aliphatic heterocycles. The monoisotopic (exact) mass is 381 g/mol. The van der Waals surface area contributed by atoms with Gasteiger partial charge in [0.1, 0.15) is 5.57 Å². The summed E-state index contributed by atoms with van der Waals surface area (Å²) in [5.74, 6) is -0.750. The van der Waals surface area contributed by atoms with Gasteiger partial charge in [0.2, 0.25) is 0 Å². The van der Waals surface area contributed by atoms with Gasteiger partial charge in [-0.25, -0.2) is 0 Å². The predicted molar refractivity (Wildman–Crippen MR) is 111 cm³/mol. The van der Waals surface area contributed by atoms with E-state index >= 15 is 0 Å². The van der Waals surface area contributed by atoms with Gasteiger partial charge in [0, 0.05) is 31.2 Å². The lowest BCUT2D eigenvalue weighted by Gasteiger charge is -2.31. The van der Waals surface area contributed by atoms with Crippen molar-refractivity contribution in [1.29, 1.82) is 0 Å². The van der Waals surface area contributed by atoms with Crippen LogP contribution in [0.4, 0.5) is 0 Å². The number of rotatable bonds is 3. The first-order valence-corrected chi connectivity index (χ1v) is 9.27. The van der Waals surface area contributed by atoms with Crippen molar-refractivity contribution in [2.24, 2.45) is 0 Å². The second kappa shape index (κ2) is 7.12. The van der Waals surface area contributed by atoms with E-state index in [1.165, 1.54) is 15.4 Å². The highest BCUT2D eigenvalue weighted by atomic mass is 32.1. The second-order valence-corrected chi connectivity index (χ2v) is 7.12. The van der Waals surface area contributed by atoms with Crippen LogP contribution in [0.2, 0.25) is 0 Å². The molecule has 0 unspecified atom stereocenters. The number of aromatic nitrogens is 1. The molecule has 3 rings (SSSR count). The molecule has 2 heterocycles. The Balaban J connectivity index is 2.06. The summed E-state index contributed by atoms with van der Waals surface area (Å²) in [6, 6.07) is 10.4. The minimum absolute atomic E-state index is 0.121. The Morgan fingerprint density at radius 3 is 2.07 bits per heavy atom. The van der Waals surface area contributed by atoms with Crippen LogP contribution in [0.5, 0.6) is 0 Å². The Bertz CT molecular complexity index is 944. The molecule has 1 aromatic heterocycles. The van der Waals surface area contributed by atoms with Crippen LogP contribution >= 0.6 is 12.2 Å². The van der Waals surface area contributed by atoms with Gasteiger partial charge in [-0.05, 0) is 67.9 Å². The van der Waals surface area contributed by atoms with E-state index in [0.717, 1.165) is 29.1 Å². The molecular weight excluding hydrogens is 358 g/mol. The quantitative estimate of drug-likeness (QED) is 0.466. The molecule has 27 heavy (non-hydrogen) atoms. The summed E-state index contributed by atoms with van der Waals surface area (Å²) in [7, 11) is 3.17. The minimum Gasteiger partial charge on any atom is -0.318 e. The summed E-state index contributed by atoms with van der Waals surface area (Å²) in [6.45, 7) is 6.13. The average molecular weight is 382 g/mol. The highest BCUT2D eigenvalue weighted by Gasteiger charge is 2.35. The maximum atomic E-state index is 12.6. The third kappa shape index (κ3) is 3.21. The molecule has 5 nitrogen and oxygen atoms in total. The zero-order valence-corrected chi connectivity index (χ0v) is 17.1. The normalized spacial score (nSPS) is 15.0. The molecule has 0 spiro atoms. The van der Waals surface area contributed by atoms with Crippen molar-refractivity contribution < 1.29 is 9.59 Å². The molecule has 6 heteroatoms. The van der Waals surface area contributed by atoms with E-state index in [1.54, 1.807) is 20.2 Å². The molecule has 0 aliphatic carbocycles. The van der Waals surface area contributed by atoms with Crippen LogP contribution in [0, 0.1) is 13.8 Å². The SMILES string of the molecule is CCc1ccc(-n2c(C)cc(C=C3C(=O)N(C)C(=S)N(C)C3=O)c2C)cc1. The van der Waals surface area contributed by atoms with Gasteiger partial charge in [0.05, 0.1) is 0 Å². The van der Waals surface area contributed by atoms with Crippen LogP contribution in [-0.4, -0.2) is 45.4 Å². The fraction of sp³-hybridized carbons (Fsp3) is 0.286. The number of hydrogen-bond donors (Lipinski definition) is 0. The molecular formula is C21H23N3O2S. The third-order valence-corrected chi connectivity index (χ3v) is 5.56. The number of carbonyl (C=O) groups is 2. The van der Waals surface area contributed by atoms with Crippen molar-refractivity contribution in [2.75, 3.05) is 14.1 Å². The number of benzene rings is 1. The van der Waals surface area contributed by atoms with Gasteiger partial charge in [-0.15, -0.1) is 0 Å². The highest BCUT2D eigenvalue weighted by Crippen LogP contribution is 2.25. The first-order chi connectivity index (χ1) is 12.8. The van der Waals surface area contributed by atoms with Crippen molar-refractivity contribution in [1.82, 2.24) is 14.4 Å². The topological polar surface area (TPSA) is 45.6 Å². The summed E-state index contributed by atoms with van der Waals surface area (Å²) in [6.07, 6.45) is 2.66. The lowest BCUT2D eigenvalue weighted by molar-refractivity contribution is -0.132. The molecule has 2 amide bonds. The van der Waals surface area contributed by atoms with Crippen LogP contribution in [0.3, 0.4) is 0 Å². The van der Waals surface area contributed by atoms with E-state index in [4.69, 9.17) is 12.2 Å². The maximum Gasteiger partial charge on any atom is 0.265 e. The highest BCUT2D eigenvalue weighted by molar-refractivity contribution is 7.80. The van der Waals surface area contributed by atoms with E-state index in [0.29, 0.717) is 0 Å². The molecule has 140 valence electrons. The number of likely N-dealkylation sites (N-methyl/N-ethyl adjacent to an activating group) is 2. The van der Waals surface area contributed by atoms with E-state index in [2.05, 4.69) is 35.8 Å². The fourth-order valence-electron chi connectivity index (χ4n) is 3.34. The molecule has 0 atom stereocenters. The number of nitrogens with zero attached hydrogens (tertiary/aromatic N) is 3. The predicted octanol–water partition coefficient (Wildman–Crippen LogP) is 3.26. The van der Waals surface area contributed by atoms with Gasteiger partial charge < -0.3 is 4.57 Å². The number of amides is 2. The molecule has 2 aromatic rings. The van der Waals surface area contributed by atoms with Crippen LogP contribution in [0.1, 0.15) is 29.4 Å². The Morgan fingerprint density at radius 2 is 1.56 bits per heavy atom. The number of hydrogen-bond acceptors (Lipinski definition) is 3. The van der Waals surface area contributed by atoms with Gasteiger partial charge in [-0.1, -0.05) is 19.1 Å². The Kier molecular flexibility index (Phi) is 5.02. The molecule has 1 aliphatic rings. The Morgan fingerprint density at radius 1 is 1.00 bits per heavy atom.